The molecule has 1 saturated heterocycles. The summed E-state index contributed by atoms with van der Waals surface area (Å²) in [6.45, 7) is 5.76. The van der Waals surface area contributed by atoms with Crippen LogP contribution in [0.4, 0.5) is 0 Å². The van der Waals surface area contributed by atoms with Crippen LogP contribution in [0.2, 0.25) is 0 Å². The molecule has 8 nitrogen and oxygen atoms in total. The second-order valence-corrected chi connectivity index (χ2v) is 5.14. The Morgan fingerprint density at radius 3 is 2.33 bits per heavy atom. The number of ether oxygens (including phenoxy) is 1. The van der Waals surface area contributed by atoms with Crippen LogP contribution >= 0.6 is 0 Å². The fourth-order valence-corrected chi connectivity index (χ4v) is 2.34. The topological polar surface area (TPSA) is 121 Å². The molecule has 0 aliphatic carbocycles. The van der Waals surface area contributed by atoms with Crippen LogP contribution in [0.3, 0.4) is 0 Å². The number of hydrogen-bond acceptors (Lipinski definition) is 6. The van der Waals surface area contributed by atoms with Gasteiger partial charge in [-0.05, 0) is 26.2 Å². The minimum absolute atomic E-state index is 0.111. The first-order valence-electron chi connectivity index (χ1n) is 7.55. The molecule has 21 heavy (non-hydrogen) atoms. The Bertz CT molecular complexity index is 304. The lowest BCUT2D eigenvalue weighted by atomic mass is 10.2. The molecule has 1 fully saturated rings. The summed E-state index contributed by atoms with van der Waals surface area (Å²) in [4.78, 5) is 7.80. The minimum atomic E-state index is -0.839. The molecule has 2 unspecified atom stereocenters. The molecule has 0 bridgehead atoms. The zero-order valence-corrected chi connectivity index (χ0v) is 12.8. The lowest BCUT2D eigenvalue weighted by molar-refractivity contribution is -0.203. The molecule has 2 atom stereocenters. The Labute approximate surface area is 126 Å². The third-order valence-electron chi connectivity index (χ3n) is 3.56. The molecule has 0 aromatic carbocycles. The number of aliphatic hydroxyl groups is 2. The number of guanidine groups is 1. The number of rotatable bonds is 9. The largest absolute Gasteiger partial charge is 0.378 e. The number of aliphatic imine (C=N–C) groups is 1. The molecule has 1 rings (SSSR count). The van der Waals surface area contributed by atoms with Crippen molar-refractivity contribution in [2.24, 2.45) is 16.5 Å². The van der Waals surface area contributed by atoms with Crippen molar-refractivity contribution in [2.45, 2.75) is 38.8 Å². The average molecular weight is 303 g/mol. The normalized spacial score (nSPS) is 20.1. The van der Waals surface area contributed by atoms with E-state index in [4.69, 9.17) is 16.2 Å². The van der Waals surface area contributed by atoms with Crippen LogP contribution < -0.4 is 11.5 Å². The summed E-state index contributed by atoms with van der Waals surface area (Å²) < 4.78 is 5.16. The Balaban J connectivity index is 2.16. The van der Waals surface area contributed by atoms with Gasteiger partial charge in [0.1, 0.15) is 6.23 Å². The van der Waals surface area contributed by atoms with Gasteiger partial charge in [-0.15, -0.1) is 0 Å². The van der Waals surface area contributed by atoms with Gasteiger partial charge in [0.15, 0.2) is 5.96 Å². The predicted octanol–water partition coefficient (Wildman–Crippen LogP) is -1.32. The van der Waals surface area contributed by atoms with Crippen molar-refractivity contribution < 1.29 is 14.9 Å². The van der Waals surface area contributed by atoms with Crippen molar-refractivity contribution in [3.05, 3.63) is 0 Å². The molecule has 0 radical (unpaired) electrons. The molecule has 6 N–H and O–H groups in total. The maximum atomic E-state index is 10.1. The van der Waals surface area contributed by atoms with E-state index in [2.05, 4.69) is 4.99 Å². The molecular weight excluding hydrogens is 274 g/mol. The van der Waals surface area contributed by atoms with Crippen LogP contribution in [0, 0.1) is 0 Å². The molecule has 1 aliphatic heterocycles. The van der Waals surface area contributed by atoms with Gasteiger partial charge in [-0.2, -0.15) is 0 Å². The van der Waals surface area contributed by atoms with E-state index in [0.717, 1.165) is 25.9 Å². The molecule has 0 spiro atoms. The fourth-order valence-electron chi connectivity index (χ4n) is 2.34. The van der Waals surface area contributed by atoms with Gasteiger partial charge in [0.05, 0.1) is 0 Å². The number of piperazine rings is 1. The van der Waals surface area contributed by atoms with Crippen LogP contribution in [0.15, 0.2) is 4.99 Å². The number of unbranched alkanes of at least 4 members (excludes halogenated alkanes) is 1. The second kappa shape index (κ2) is 9.91. The molecule has 0 aromatic rings. The van der Waals surface area contributed by atoms with Crippen LogP contribution in [-0.2, 0) is 4.74 Å². The van der Waals surface area contributed by atoms with E-state index >= 15 is 0 Å². The van der Waals surface area contributed by atoms with Gasteiger partial charge in [0, 0.05) is 39.3 Å². The maximum absolute atomic E-state index is 10.1. The van der Waals surface area contributed by atoms with Crippen molar-refractivity contribution >= 4 is 5.96 Å². The van der Waals surface area contributed by atoms with Gasteiger partial charge in [0.25, 0.3) is 0 Å². The van der Waals surface area contributed by atoms with Crippen molar-refractivity contribution in [1.82, 2.24) is 9.80 Å². The van der Waals surface area contributed by atoms with Crippen molar-refractivity contribution in [1.29, 1.82) is 0 Å². The number of nitrogens with two attached hydrogens (primary N) is 2. The van der Waals surface area contributed by atoms with Crippen molar-refractivity contribution in [3.63, 3.8) is 0 Å². The Kier molecular flexibility index (Phi) is 8.55. The Morgan fingerprint density at radius 2 is 1.76 bits per heavy atom. The quantitative estimate of drug-likeness (QED) is 0.180. The highest BCUT2D eigenvalue weighted by atomic mass is 16.6. The first kappa shape index (κ1) is 18.1. The number of aliphatic hydroxyl groups excluding tert-OH is 2. The molecule has 1 aliphatic rings. The third-order valence-corrected chi connectivity index (χ3v) is 3.56. The molecule has 0 aromatic heterocycles. The smallest absolute Gasteiger partial charge is 0.216 e. The zero-order valence-electron chi connectivity index (χ0n) is 12.8. The molecule has 0 amide bonds. The van der Waals surface area contributed by atoms with E-state index in [1.54, 1.807) is 0 Å². The molecule has 0 saturated carbocycles. The van der Waals surface area contributed by atoms with E-state index in [9.17, 15) is 10.2 Å². The molecular formula is C13H29N5O3. The highest BCUT2D eigenvalue weighted by Crippen LogP contribution is 2.12. The summed E-state index contributed by atoms with van der Waals surface area (Å²) in [6, 6.07) is 0. The zero-order chi connectivity index (χ0) is 15.7. The lowest BCUT2D eigenvalue weighted by Gasteiger charge is -2.38. The second-order valence-electron chi connectivity index (χ2n) is 5.14. The van der Waals surface area contributed by atoms with E-state index in [1.165, 1.54) is 0 Å². The average Bonchev–Trinajstić information content (AvgIpc) is 2.46. The fraction of sp³-hybridized carbons (Fsp3) is 0.923. The van der Waals surface area contributed by atoms with Crippen LogP contribution in [0.25, 0.3) is 0 Å². The first-order valence-corrected chi connectivity index (χ1v) is 7.55. The van der Waals surface area contributed by atoms with Gasteiger partial charge in [-0.1, -0.05) is 0 Å². The molecule has 124 valence electrons. The summed E-state index contributed by atoms with van der Waals surface area (Å²) in [6.07, 6.45) is 1.15. The van der Waals surface area contributed by atoms with E-state index < -0.39 is 12.6 Å². The van der Waals surface area contributed by atoms with Gasteiger partial charge < -0.3 is 26.4 Å². The Hall–Kier alpha value is -0.930. The van der Waals surface area contributed by atoms with Crippen molar-refractivity contribution in [2.75, 3.05) is 39.3 Å². The van der Waals surface area contributed by atoms with Crippen LogP contribution in [0.5, 0.6) is 0 Å². The Morgan fingerprint density at radius 1 is 1.14 bits per heavy atom. The SMILES string of the molecule is CCOC(O)N1CCN(C(O)CCCCN=C(N)N)CC1. The monoisotopic (exact) mass is 303 g/mol. The predicted molar refractivity (Wildman–Crippen MR) is 81.3 cm³/mol. The highest BCUT2D eigenvalue weighted by Gasteiger charge is 2.25. The van der Waals surface area contributed by atoms with E-state index in [0.29, 0.717) is 32.7 Å². The van der Waals surface area contributed by atoms with Gasteiger partial charge in [0.2, 0.25) is 6.41 Å². The summed E-state index contributed by atoms with van der Waals surface area (Å²) in [7, 11) is 0. The van der Waals surface area contributed by atoms with Crippen molar-refractivity contribution in [3.8, 4) is 0 Å². The lowest BCUT2D eigenvalue weighted by Crippen LogP contribution is -2.53. The standard InChI is InChI=1S/C13H29N5O3/c1-2-21-13(20)18-9-7-17(8-10-18)11(19)5-3-4-6-16-12(14)15/h11,13,19-20H,2-10H2,1H3,(H4,14,15,16). The van der Waals surface area contributed by atoms with E-state index in [-0.39, 0.29) is 5.96 Å². The van der Waals surface area contributed by atoms with Gasteiger partial charge in [-0.3, -0.25) is 14.8 Å². The summed E-state index contributed by atoms with van der Waals surface area (Å²) in [5.41, 5.74) is 10.5. The number of hydrogen-bond donors (Lipinski definition) is 4. The summed E-state index contributed by atoms with van der Waals surface area (Å²) in [5.74, 6) is 0.111. The summed E-state index contributed by atoms with van der Waals surface area (Å²) in [5, 5.41) is 19.9. The highest BCUT2D eigenvalue weighted by molar-refractivity contribution is 5.75. The summed E-state index contributed by atoms with van der Waals surface area (Å²) >= 11 is 0. The third kappa shape index (κ3) is 7.05. The minimum Gasteiger partial charge on any atom is -0.378 e. The maximum Gasteiger partial charge on any atom is 0.216 e. The van der Waals surface area contributed by atoms with Gasteiger partial charge >= 0.3 is 0 Å². The number of nitrogens with zero attached hydrogens (tertiary/aromatic N) is 3. The van der Waals surface area contributed by atoms with Gasteiger partial charge in [-0.25, -0.2) is 0 Å². The molecule has 8 heteroatoms. The first-order chi connectivity index (χ1) is 10.0. The van der Waals surface area contributed by atoms with E-state index in [1.807, 2.05) is 16.7 Å². The van der Waals surface area contributed by atoms with Crippen LogP contribution in [0.1, 0.15) is 26.2 Å². The molecule has 1 heterocycles. The van der Waals surface area contributed by atoms with Crippen LogP contribution in [-0.4, -0.2) is 77.9 Å².